The van der Waals surface area contributed by atoms with Crippen molar-refractivity contribution in [3.05, 3.63) is 0 Å². The summed E-state index contributed by atoms with van der Waals surface area (Å²) < 4.78 is 16.3. The molecule has 5 heteroatoms. The number of hydroxylamine groups is 1. The van der Waals surface area contributed by atoms with Crippen LogP contribution in [0.3, 0.4) is 0 Å². The first kappa shape index (κ1) is 16.3. The molecule has 21 heavy (non-hydrogen) atoms. The summed E-state index contributed by atoms with van der Waals surface area (Å²) >= 11 is 0. The van der Waals surface area contributed by atoms with Crippen molar-refractivity contribution in [1.29, 1.82) is 0 Å². The van der Waals surface area contributed by atoms with E-state index < -0.39 is 35.6 Å². The zero-order chi connectivity index (χ0) is 18.4. The van der Waals surface area contributed by atoms with Gasteiger partial charge in [-0.2, -0.15) is 0 Å². The van der Waals surface area contributed by atoms with Gasteiger partial charge in [-0.3, -0.25) is 4.79 Å². The lowest BCUT2D eigenvalue weighted by Crippen LogP contribution is -2.47. The van der Waals surface area contributed by atoms with E-state index in [1.807, 2.05) is 13.8 Å². The molecule has 0 aromatic heterocycles. The highest BCUT2D eigenvalue weighted by molar-refractivity contribution is 5.82. The lowest BCUT2D eigenvalue weighted by atomic mass is 9.98. The van der Waals surface area contributed by atoms with Gasteiger partial charge in [-0.25, -0.2) is 4.79 Å². The standard InChI is InChI=1S/C16H32N2O3/c1-11(2)8-9-17-14(19)13(10-12(3)4)18-21-15(20)16(5,6)7/h11-13,18H,8-10H2,1-7H3,(H,17,19)/t13-/m0/s1/i10D2. The fraction of sp³-hybridized carbons (Fsp3) is 0.875. The fourth-order valence-corrected chi connectivity index (χ4v) is 1.35. The molecule has 1 atom stereocenters. The topological polar surface area (TPSA) is 67.4 Å². The maximum atomic E-state index is 12.3. The van der Waals surface area contributed by atoms with E-state index in [1.54, 1.807) is 34.6 Å². The molecule has 0 rings (SSSR count). The first-order chi connectivity index (χ1) is 10.3. The van der Waals surface area contributed by atoms with Crippen molar-refractivity contribution in [3.8, 4) is 0 Å². The van der Waals surface area contributed by atoms with E-state index in [4.69, 9.17) is 7.58 Å². The maximum absolute atomic E-state index is 12.3. The summed E-state index contributed by atoms with van der Waals surface area (Å²) in [7, 11) is 0. The number of carbonyl (C=O) groups is 2. The third-order valence-corrected chi connectivity index (χ3v) is 2.66. The Morgan fingerprint density at radius 2 is 1.71 bits per heavy atom. The molecule has 124 valence electrons. The van der Waals surface area contributed by atoms with Crippen molar-refractivity contribution in [2.24, 2.45) is 17.3 Å². The van der Waals surface area contributed by atoms with Crippen molar-refractivity contribution in [2.75, 3.05) is 6.54 Å². The monoisotopic (exact) mass is 302 g/mol. The molecule has 0 unspecified atom stereocenters. The Morgan fingerprint density at radius 3 is 2.14 bits per heavy atom. The molecular weight excluding hydrogens is 268 g/mol. The van der Waals surface area contributed by atoms with Gasteiger partial charge in [0.05, 0.1) is 5.41 Å². The molecule has 0 aliphatic rings. The molecule has 0 spiro atoms. The average Bonchev–Trinajstić information content (AvgIpc) is 2.36. The molecule has 0 aromatic carbocycles. The summed E-state index contributed by atoms with van der Waals surface area (Å²) in [5.41, 5.74) is 1.61. The second kappa shape index (κ2) is 9.03. The molecule has 1 amide bonds. The van der Waals surface area contributed by atoms with Crippen LogP contribution >= 0.6 is 0 Å². The Bertz CT molecular complexity index is 405. The van der Waals surface area contributed by atoms with E-state index in [1.165, 1.54) is 0 Å². The Labute approximate surface area is 132 Å². The minimum atomic E-state index is -1.86. The van der Waals surface area contributed by atoms with Gasteiger partial charge in [0, 0.05) is 9.29 Å². The summed E-state index contributed by atoms with van der Waals surface area (Å²) in [6, 6.07) is -1.26. The maximum Gasteiger partial charge on any atom is 0.330 e. The van der Waals surface area contributed by atoms with Gasteiger partial charge >= 0.3 is 5.97 Å². The van der Waals surface area contributed by atoms with Gasteiger partial charge in [0.25, 0.3) is 0 Å². The molecule has 0 radical (unpaired) electrons. The highest BCUT2D eigenvalue weighted by atomic mass is 16.7. The van der Waals surface area contributed by atoms with Crippen molar-refractivity contribution in [1.82, 2.24) is 10.8 Å². The Balaban J connectivity index is 4.96. The van der Waals surface area contributed by atoms with Gasteiger partial charge in [0.1, 0.15) is 6.04 Å². The van der Waals surface area contributed by atoms with Crippen LogP contribution in [0.4, 0.5) is 0 Å². The first-order valence-corrected chi connectivity index (χ1v) is 7.54. The quantitative estimate of drug-likeness (QED) is 0.676. The number of hydrogen-bond acceptors (Lipinski definition) is 4. The Kier molecular flexibility index (Phi) is 7.00. The van der Waals surface area contributed by atoms with Crippen molar-refractivity contribution in [2.45, 2.75) is 67.3 Å². The summed E-state index contributed by atoms with van der Waals surface area (Å²) in [6.45, 7) is 13.0. The zero-order valence-electron chi connectivity index (χ0n) is 16.4. The molecular formula is C16H32N2O3. The fourth-order valence-electron chi connectivity index (χ4n) is 1.35. The summed E-state index contributed by atoms with van der Waals surface area (Å²) in [5, 5.41) is 2.70. The number of amides is 1. The van der Waals surface area contributed by atoms with Gasteiger partial charge < -0.3 is 10.2 Å². The minimum Gasteiger partial charge on any atom is -0.369 e. The highest BCUT2D eigenvalue weighted by Crippen LogP contribution is 2.15. The van der Waals surface area contributed by atoms with Crippen LogP contribution in [0.5, 0.6) is 0 Å². The molecule has 0 bridgehead atoms. The number of hydrogen-bond donors (Lipinski definition) is 2. The minimum absolute atomic E-state index is 0.427. The van der Waals surface area contributed by atoms with Gasteiger partial charge in [-0.05, 0) is 45.4 Å². The molecule has 0 saturated heterocycles. The predicted molar refractivity (Wildman–Crippen MR) is 84.4 cm³/mol. The van der Waals surface area contributed by atoms with Gasteiger partial charge in [0.15, 0.2) is 0 Å². The number of rotatable bonds is 8. The van der Waals surface area contributed by atoms with Crippen LogP contribution in [-0.4, -0.2) is 24.5 Å². The lowest BCUT2D eigenvalue weighted by molar-refractivity contribution is -0.164. The molecule has 2 N–H and O–H groups in total. The molecule has 5 nitrogen and oxygen atoms in total. The molecule has 0 heterocycles. The second-order valence-electron chi connectivity index (χ2n) is 6.99. The Hall–Kier alpha value is -1.10. The SMILES string of the molecule is [2H]C([2H])(C(C)C)[C@H](NOC(=O)C(C)(C)C)C(=O)NCCC(C)C. The molecule has 0 aliphatic heterocycles. The third kappa shape index (κ3) is 9.45. The van der Waals surface area contributed by atoms with Crippen LogP contribution in [0.15, 0.2) is 0 Å². The van der Waals surface area contributed by atoms with Crippen LogP contribution < -0.4 is 10.8 Å². The van der Waals surface area contributed by atoms with Crippen LogP contribution in [0.25, 0.3) is 0 Å². The van der Waals surface area contributed by atoms with Crippen LogP contribution in [-0.2, 0) is 14.4 Å². The van der Waals surface area contributed by atoms with Crippen LogP contribution in [0, 0.1) is 17.3 Å². The second-order valence-corrected chi connectivity index (χ2v) is 6.99. The first-order valence-electron chi connectivity index (χ1n) is 8.54. The van der Waals surface area contributed by atoms with Gasteiger partial charge in [0.2, 0.25) is 5.91 Å². The summed E-state index contributed by atoms with van der Waals surface area (Å²) in [4.78, 5) is 29.1. The average molecular weight is 302 g/mol. The van der Waals surface area contributed by atoms with Gasteiger partial charge in [-0.15, -0.1) is 5.48 Å². The van der Waals surface area contributed by atoms with E-state index >= 15 is 0 Å². The van der Waals surface area contributed by atoms with Crippen molar-refractivity contribution in [3.63, 3.8) is 0 Å². The largest absolute Gasteiger partial charge is 0.369 e. The lowest BCUT2D eigenvalue weighted by Gasteiger charge is -2.22. The van der Waals surface area contributed by atoms with E-state index in [2.05, 4.69) is 10.8 Å². The summed E-state index contributed by atoms with van der Waals surface area (Å²) in [6.07, 6.45) is -1.06. The number of nitrogens with one attached hydrogen (secondary N) is 2. The Morgan fingerprint density at radius 1 is 1.14 bits per heavy atom. The molecule has 0 aromatic rings. The highest BCUT2D eigenvalue weighted by Gasteiger charge is 2.26. The smallest absolute Gasteiger partial charge is 0.330 e. The molecule has 0 aliphatic carbocycles. The normalized spacial score (nSPS) is 15.5. The predicted octanol–water partition coefficient (Wildman–Crippen LogP) is 2.66. The molecule has 0 fully saturated rings. The molecule has 0 saturated carbocycles. The van der Waals surface area contributed by atoms with Crippen molar-refractivity contribution >= 4 is 11.9 Å². The summed E-state index contributed by atoms with van der Waals surface area (Å²) in [5.74, 6) is -1.05. The third-order valence-electron chi connectivity index (χ3n) is 2.66. The zero-order valence-corrected chi connectivity index (χ0v) is 14.4. The van der Waals surface area contributed by atoms with E-state index in [0.29, 0.717) is 12.5 Å². The van der Waals surface area contributed by atoms with Crippen molar-refractivity contribution < 1.29 is 17.2 Å². The van der Waals surface area contributed by atoms with Crippen LogP contribution in [0.1, 0.15) is 64.0 Å². The van der Waals surface area contributed by atoms with Gasteiger partial charge in [-0.1, -0.05) is 27.7 Å². The van der Waals surface area contributed by atoms with E-state index in [9.17, 15) is 9.59 Å². The van der Waals surface area contributed by atoms with Crippen LogP contribution in [0.2, 0.25) is 0 Å². The van der Waals surface area contributed by atoms with E-state index in [0.717, 1.165) is 6.42 Å². The number of carbonyl (C=O) groups excluding carboxylic acids is 2. The van der Waals surface area contributed by atoms with E-state index in [-0.39, 0.29) is 0 Å².